The Morgan fingerprint density at radius 2 is 1.65 bits per heavy atom. The van der Waals surface area contributed by atoms with E-state index in [1.807, 2.05) is 0 Å². The Labute approximate surface area is 132 Å². The van der Waals surface area contributed by atoms with Gasteiger partial charge in [-0.05, 0) is 5.92 Å². The van der Waals surface area contributed by atoms with Crippen molar-refractivity contribution in [3.05, 3.63) is 53.6 Å². The van der Waals surface area contributed by atoms with Crippen LogP contribution in [0.15, 0.2) is 42.5 Å². The molecular formula is C13H17Cl2SiZr-. The Balaban J connectivity index is 0. The zero-order valence-electron chi connectivity index (χ0n) is 10.4. The summed E-state index contributed by atoms with van der Waals surface area (Å²) in [7, 11) is 0. The fraction of sp³-hybridized carbons (Fsp3) is 0.308. The van der Waals surface area contributed by atoms with Gasteiger partial charge in [0, 0.05) is 0 Å². The van der Waals surface area contributed by atoms with Crippen LogP contribution in [0, 0.1) is 6.92 Å². The second-order valence-corrected chi connectivity index (χ2v) is 13.3. The average Bonchev–Trinajstić information content (AvgIpc) is 2.71. The summed E-state index contributed by atoms with van der Waals surface area (Å²) in [6.07, 6.45) is 8.67. The number of halogens is 2. The zero-order chi connectivity index (χ0) is 11.3. The normalized spacial score (nSPS) is 12.3. The monoisotopic (exact) mass is 361 g/mol. The van der Waals surface area contributed by atoms with E-state index in [4.69, 9.17) is 0 Å². The van der Waals surface area contributed by atoms with Crippen LogP contribution in [-0.2, 0) is 23.3 Å². The molecule has 0 atom stereocenters. The number of aryl methyl sites for hydroxylation is 1. The first-order chi connectivity index (χ1) is 7.11. The molecule has 1 aliphatic rings. The van der Waals surface area contributed by atoms with Crippen LogP contribution in [0.2, 0.25) is 13.1 Å². The summed E-state index contributed by atoms with van der Waals surface area (Å²) < 4.78 is 0. The van der Waals surface area contributed by atoms with Gasteiger partial charge >= 0.3 is 41.9 Å². The average molecular weight is 363 g/mol. The molecule has 92 valence electrons. The molecule has 1 aromatic carbocycles. The Kier molecular flexibility index (Phi) is 12.2. The summed E-state index contributed by atoms with van der Waals surface area (Å²) in [5.41, 5.74) is 3.04. The predicted octanol–water partition coefficient (Wildman–Crippen LogP) is -2.28. The van der Waals surface area contributed by atoms with Crippen molar-refractivity contribution in [2.24, 2.45) is 0 Å². The second kappa shape index (κ2) is 10.4. The molecule has 0 nitrogen and oxygen atoms in total. The quantitative estimate of drug-likeness (QED) is 0.390. The molecule has 4 heteroatoms. The van der Waals surface area contributed by atoms with E-state index in [-0.39, 0.29) is 30.2 Å². The minimum atomic E-state index is 0. The summed E-state index contributed by atoms with van der Waals surface area (Å²) >= 11 is 1.74. The first-order valence-corrected chi connectivity index (χ1v) is 11.4. The Hall–Kier alpha value is 0.510. The van der Waals surface area contributed by atoms with Gasteiger partial charge in [-0.2, -0.15) is 17.2 Å². The molecule has 0 aromatic heterocycles. The molecule has 0 bridgehead atoms. The Morgan fingerprint density at radius 3 is 2.00 bits per heavy atom. The molecule has 1 aliphatic carbocycles. The number of hydrogen-bond acceptors (Lipinski definition) is 0. The van der Waals surface area contributed by atoms with Gasteiger partial charge in [0.2, 0.25) is 0 Å². The SMILES string of the molecule is C[Si](C)=[Zr+2].C[c-]1cccc1C1C=CC=C1.[Cl-].[Cl-]. The standard InChI is InChI=1S/C11H11.C2H6Si.2ClH.Zr/c1-9-5-4-8-11(9)10-6-2-3-7-10;1-3-2;;;/h2-8,10H,1H3;1-2H3;2*1H;/q-1;;;;+2/p-2. The van der Waals surface area contributed by atoms with Crippen molar-refractivity contribution in [3.8, 4) is 0 Å². The molecule has 0 unspecified atom stereocenters. The van der Waals surface area contributed by atoms with Gasteiger partial charge in [0.05, 0.1) is 0 Å². The molecule has 1 aromatic rings. The van der Waals surface area contributed by atoms with Gasteiger partial charge in [0.15, 0.2) is 0 Å². The molecule has 0 radical (unpaired) electrons. The van der Waals surface area contributed by atoms with Crippen LogP contribution in [0.1, 0.15) is 17.0 Å². The van der Waals surface area contributed by atoms with Gasteiger partial charge in [-0.15, -0.1) is 0 Å². The summed E-state index contributed by atoms with van der Waals surface area (Å²) in [6, 6.07) is 6.47. The molecule has 0 heterocycles. The number of hydrogen-bond donors (Lipinski definition) is 0. The zero-order valence-corrected chi connectivity index (χ0v) is 15.3. The van der Waals surface area contributed by atoms with Crippen molar-refractivity contribution < 1.29 is 48.1 Å². The van der Waals surface area contributed by atoms with Crippen LogP contribution in [0.25, 0.3) is 0 Å². The van der Waals surface area contributed by atoms with Gasteiger partial charge < -0.3 is 24.8 Å². The fourth-order valence-corrected chi connectivity index (χ4v) is 1.54. The molecule has 2 rings (SSSR count). The van der Waals surface area contributed by atoms with E-state index < -0.39 is 0 Å². The summed E-state index contributed by atoms with van der Waals surface area (Å²) in [4.78, 5) is 0. The van der Waals surface area contributed by atoms with Crippen LogP contribution >= 0.6 is 0 Å². The molecule has 0 aliphatic heterocycles. The van der Waals surface area contributed by atoms with Gasteiger partial charge in [0.1, 0.15) is 0 Å². The van der Waals surface area contributed by atoms with Crippen molar-refractivity contribution in [2.45, 2.75) is 25.9 Å². The summed E-state index contributed by atoms with van der Waals surface area (Å²) in [6.45, 7) is 6.78. The minimum absolute atomic E-state index is 0. The van der Waals surface area contributed by atoms with Crippen LogP contribution < -0.4 is 24.8 Å². The first kappa shape index (κ1) is 19.8. The van der Waals surface area contributed by atoms with Crippen molar-refractivity contribution in [3.63, 3.8) is 0 Å². The number of rotatable bonds is 1. The summed E-state index contributed by atoms with van der Waals surface area (Å²) in [5, 5.41) is 0. The third kappa shape index (κ3) is 7.51. The van der Waals surface area contributed by atoms with Gasteiger partial charge in [0.25, 0.3) is 0 Å². The van der Waals surface area contributed by atoms with Crippen LogP contribution in [0.5, 0.6) is 0 Å². The smallest absolute Gasteiger partial charge is 0.00245 e. The van der Waals surface area contributed by atoms with Crippen LogP contribution in [0.3, 0.4) is 0 Å². The van der Waals surface area contributed by atoms with E-state index in [2.05, 4.69) is 62.5 Å². The van der Waals surface area contributed by atoms with Crippen LogP contribution in [0.4, 0.5) is 0 Å². The minimum Gasteiger partial charge on any atom is -1.00 e. The maximum atomic E-state index is 2.31. The van der Waals surface area contributed by atoms with E-state index in [1.54, 1.807) is 23.3 Å². The van der Waals surface area contributed by atoms with Gasteiger partial charge in [-0.25, -0.2) is 12.1 Å². The topological polar surface area (TPSA) is 0 Å². The van der Waals surface area contributed by atoms with Crippen LogP contribution in [-0.4, -0.2) is 5.43 Å². The molecule has 0 saturated heterocycles. The predicted molar refractivity (Wildman–Crippen MR) is 65.3 cm³/mol. The fourth-order valence-electron chi connectivity index (χ4n) is 1.54. The molecular weight excluding hydrogens is 346 g/mol. The molecule has 0 amide bonds. The largest absolute Gasteiger partial charge is 1.00 e. The molecule has 17 heavy (non-hydrogen) atoms. The van der Waals surface area contributed by atoms with Crippen molar-refractivity contribution >= 4 is 5.43 Å². The summed E-state index contributed by atoms with van der Waals surface area (Å²) in [5.74, 6) is 0.532. The van der Waals surface area contributed by atoms with Crippen molar-refractivity contribution in [1.29, 1.82) is 0 Å². The van der Waals surface area contributed by atoms with E-state index in [1.165, 1.54) is 11.1 Å². The van der Waals surface area contributed by atoms with Crippen molar-refractivity contribution in [1.82, 2.24) is 0 Å². The number of allylic oxidation sites excluding steroid dienone is 4. The first-order valence-electron chi connectivity index (χ1n) is 5.20. The third-order valence-corrected chi connectivity index (χ3v) is 2.18. The molecule has 0 fully saturated rings. The van der Waals surface area contributed by atoms with Crippen molar-refractivity contribution in [2.75, 3.05) is 0 Å². The second-order valence-electron chi connectivity index (χ2n) is 3.96. The third-order valence-electron chi connectivity index (χ3n) is 2.18. The van der Waals surface area contributed by atoms with E-state index >= 15 is 0 Å². The van der Waals surface area contributed by atoms with E-state index in [9.17, 15) is 0 Å². The van der Waals surface area contributed by atoms with Gasteiger partial charge in [-0.1, -0.05) is 31.2 Å². The van der Waals surface area contributed by atoms with Gasteiger partial charge in [-0.3, -0.25) is 0 Å². The van der Waals surface area contributed by atoms with E-state index in [0.29, 0.717) is 5.92 Å². The molecule has 0 spiro atoms. The Bertz CT molecular complexity index is 378. The Morgan fingerprint density at radius 1 is 1.18 bits per heavy atom. The molecule has 0 saturated carbocycles. The maximum absolute atomic E-state index is 2.31. The molecule has 0 N–H and O–H groups in total. The van der Waals surface area contributed by atoms with E-state index in [0.717, 1.165) is 0 Å². The maximum Gasteiger partial charge on any atom is -0.00245 e.